The molecule has 2 heterocycles. The van der Waals surface area contributed by atoms with Gasteiger partial charge in [-0.3, -0.25) is 4.79 Å². The van der Waals surface area contributed by atoms with Gasteiger partial charge in [-0.05, 0) is 74.0 Å². The first-order valence-corrected chi connectivity index (χ1v) is 10.3. The molecule has 0 aliphatic rings. The molecule has 0 bridgehead atoms. The molecule has 2 N–H and O–H groups in total. The number of nitrogens with one attached hydrogen (secondary N) is 2. The average molecular weight is 445 g/mol. The van der Waals surface area contributed by atoms with Crippen molar-refractivity contribution in [2.75, 3.05) is 10.6 Å². The lowest BCUT2D eigenvalue weighted by atomic mass is 10.2. The van der Waals surface area contributed by atoms with Gasteiger partial charge in [0.1, 0.15) is 0 Å². The number of carbonyl (C=O) groups is 1. The fourth-order valence-corrected chi connectivity index (χ4v) is 3.31. The van der Waals surface area contributed by atoms with E-state index in [1.807, 2.05) is 62.4 Å². The zero-order valence-corrected chi connectivity index (χ0v) is 18.3. The minimum absolute atomic E-state index is 0.240. The number of hydrogen-bond acceptors (Lipinski definition) is 5. The molecule has 4 rings (SSSR count). The Kier molecular flexibility index (Phi) is 6.28. The van der Waals surface area contributed by atoms with Gasteiger partial charge < -0.3 is 10.6 Å². The topological polar surface area (TPSA) is 84.7 Å². The normalized spacial score (nSPS) is 11.0. The number of benzene rings is 2. The Morgan fingerprint density at radius 1 is 0.969 bits per heavy atom. The Morgan fingerprint density at radius 3 is 2.38 bits per heavy atom. The van der Waals surface area contributed by atoms with E-state index in [-0.39, 0.29) is 5.91 Å². The van der Waals surface area contributed by atoms with Crippen LogP contribution in [0.25, 0.3) is 11.9 Å². The average Bonchev–Trinajstić information content (AvgIpc) is 3.13. The number of aromatic nitrogens is 4. The number of aryl methyl sites for hydroxylation is 2. The summed E-state index contributed by atoms with van der Waals surface area (Å²) >= 11 is 6.10. The molecular weight excluding hydrogens is 424 g/mol. The van der Waals surface area contributed by atoms with Gasteiger partial charge in [-0.15, -0.1) is 10.2 Å². The van der Waals surface area contributed by atoms with Gasteiger partial charge in [-0.2, -0.15) is 5.10 Å². The van der Waals surface area contributed by atoms with Crippen molar-refractivity contribution in [2.24, 2.45) is 0 Å². The summed E-state index contributed by atoms with van der Waals surface area (Å²) in [6.45, 7) is 3.91. The summed E-state index contributed by atoms with van der Waals surface area (Å²) in [6, 6.07) is 20.3. The Morgan fingerprint density at radius 2 is 1.72 bits per heavy atom. The fourth-order valence-electron chi connectivity index (χ4n) is 3.11. The second-order valence-electron chi connectivity index (χ2n) is 7.16. The quantitative estimate of drug-likeness (QED) is 0.393. The van der Waals surface area contributed by atoms with Gasteiger partial charge >= 0.3 is 0 Å². The van der Waals surface area contributed by atoms with E-state index in [0.717, 1.165) is 22.6 Å². The number of anilines is 3. The smallest absolute Gasteiger partial charge is 0.248 e. The number of nitrogens with zero attached hydrogens (tertiary/aromatic N) is 4. The van der Waals surface area contributed by atoms with Crippen molar-refractivity contribution in [1.82, 2.24) is 20.0 Å². The molecule has 1 amide bonds. The predicted molar refractivity (Wildman–Crippen MR) is 127 cm³/mol. The van der Waals surface area contributed by atoms with Crippen LogP contribution in [0.3, 0.4) is 0 Å². The number of carbonyl (C=O) groups excluding carboxylic acids is 1. The molecular formula is C24H21ClN6O. The maximum absolute atomic E-state index is 12.2. The minimum Gasteiger partial charge on any atom is -0.339 e. The van der Waals surface area contributed by atoms with Crippen molar-refractivity contribution in [3.63, 3.8) is 0 Å². The van der Waals surface area contributed by atoms with E-state index >= 15 is 0 Å². The summed E-state index contributed by atoms with van der Waals surface area (Å²) in [6.07, 6.45) is 3.13. The molecule has 0 saturated heterocycles. The van der Waals surface area contributed by atoms with Gasteiger partial charge in [-0.25, -0.2) is 4.68 Å². The van der Waals surface area contributed by atoms with Crippen LogP contribution in [0.15, 0.2) is 72.8 Å². The SMILES string of the molecule is Cc1cc(C)n(-c2ccc(Nc3ccc(NC(=O)/C=C/c4ccccc4Cl)cc3)nn2)n1. The highest BCUT2D eigenvalue weighted by atomic mass is 35.5. The van der Waals surface area contributed by atoms with Crippen molar-refractivity contribution in [3.05, 3.63) is 94.8 Å². The summed E-state index contributed by atoms with van der Waals surface area (Å²) < 4.78 is 1.75. The molecule has 0 spiro atoms. The molecule has 2 aromatic heterocycles. The van der Waals surface area contributed by atoms with Gasteiger partial charge in [0.25, 0.3) is 0 Å². The lowest BCUT2D eigenvalue weighted by Crippen LogP contribution is -2.07. The third kappa shape index (κ3) is 5.19. The van der Waals surface area contributed by atoms with E-state index in [4.69, 9.17) is 11.6 Å². The summed E-state index contributed by atoms with van der Waals surface area (Å²) in [5.74, 6) is 1.02. The van der Waals surface area contributed by atoms with Crippen LogP contribution >= 0.6 is 11.6 Å². The van der Waals surface area contributed by atoms with Crippen LogP contribution in [0.4, 0.5) is 17.2 Å². The predicted octanol–water partition coefficient (Wildman–Crippen LogP) is 5.33. The molecule has 0 saturated carbocycles. The van der Waals surface area contributed by atoms with E-state index < -0.39 is 0 Å². The molecule has 0 atom stereocenters. The summed E-state index contributed by atoms with van der Waals surface area (Å²) in [5.41, 5.74) is 4.21. The maximum atomic E-state index is 12.2. The van der Waals surface area contributed by atoms with Crippen LogP contribution in [0, 0.1) is 13.8 Å². The first kappa shape index (κ1) is 21.3. The van der Waals surface area contributed by atoms with E-state index in [2.05, 4.69) is 25.9 Å². The summed E-state index contributed by atoms with van der Waals surface area (Å²) in [5, 5.41) is 19.5. The molecule has 4 aromatic rings. The number of hydrogen-bond donors (Lipinski definition) is 2. The lowest BCUT2D eigenvalue weighted by molar-refractivity contribution is -0.111. The number of rotatable bonds is 6. The van der Waals surface area contributed by atoms with Crippen molar-refractivity contribution < 1.29 is 4.79 Å². The molecule has 32 heavy (non-hydrogen) atoms. The largest absolute Gasteiger partial charge is 0.339 e. The number of amides is 1. The highest BCUT2D eigenvalue weighted by Crippen LogP contribution is 2.19. The molecule has 0 aliphatic heterocycles. The fraction of sp³-hybridized carbons (Fsp3) is 0.0833. The van der Waals surface area contributed by atoms with Crippen molar-refractivity contribution >= 4 is 40.8 Å². The van der Waals surface area contributed by atoms with Crippen molar-refractivity contribution in [2.45, 2.75) is 13.8 Å². The van der Waals surface area contributed by atoms with E-state index in [9.17, 15) is 4.79 Å². The monoisotopic (exact) mass is 444 g/mol. The second kappa shape index (κ2) is 9.45. The molecule has 160 valence electrons. The highest BCUT2D eigenvalue weighted by molar-refractivity contribution is 6.32. The molecule has 2 aromatic carbocycles. The van der Waals surface area contributed by atoms with Crippen LogP contribution in [-0.2, 0) is 4.79 Å². The van der Waals surface area contributed by atoms with Crippen LogP contribution in [0.5, 0.6) is 0 Å². The molecule has 0 radical (unpaired) electrons. The van der Waals surface area contributed by atoms with E-state index in [1.54, 1.807) is 29.0 Å². The van der Waals surface area contributed by atoms with Crippen LogP contribution in [0.2, 0.25) is 5.02 Å². The standard InChI is InChI=1S/C24H21ClN6O/c1-16-15-17(2)31(30-16)23-13-12-22(28-29-23)26-19-8-10-20(11-9-19)27-24(32)14-7-18-5-3-4-6-21(18)25/h3-15H,1-2H3,(H,26,28)(H,27,32)/b14-7+. The summed E-state index contributed by atoms with van der Waals surface area (Å²) in [4.78, 5) is 12.2. The zero-order chi connectivity index (χ0) is 22.5. The van der Waals surface area contributed by atoms with Gasteiger partial charge in [0.15, 0.2) is 11.6 Å². The van der Waals surface area contributed by atoms with E-state index in [1.165, 1.54) is 6.08 Å². The van der Waals surface area contributed by atoms with Crippen LogP contribution in [0.1, 0.15) is 17.0 Å². The van der Waals surface area contributed by atoms with Gasteiger partial charge in [0.05, 0.1) is 5.69 Å². The molecule has 7 nitrogen and oxygen atoms in total. The Balaban J connectivity index is 1.36. The maximum Gasteiger partial charge on any atom is 0.248 e. The summed E-state index contributed by atoms with van der Waals surface area (Å²) in [7, 11) is 0. The lowest BCUT2D eigenvalue weighted by Gasteiger charge is -2.08. The van der Waals surface area contributed by atoms with E-state index in [0.29, 0.717) is 22.3 Å². The first-order valence-electron chi connectivity index (χ1n) is 9.96. The number of halogens is 1. The highest BCUT2D eigenvalue weighted by Gasteiger charge is 2.06. The Labute approximate surface area is 190 Å². The minimum atomic E-state index is -0.240. The van der Waals surface area contributed by atoms with Crippen molar-refractivity contribution in [1.29, 1.82) is 0 Å². The third-order valence-corrected chi connectivity index (χ3v) is 4.97. The molecule has 8 heteroatoms. The molecule has 0 fully saturated rings. The van der Waals surface area contributed by atoms with Crippen molar-refractivity contribution in [3.8, 4) is 5.82 Å². The van der Waals surface area contributed by atoms with Gasteiger partial charge in [-0.1, -0.05) is 29.8 Å². The zero-order valence-electron chi connectivity index (χ0n) is 17.6. The van der Waals surface area contributed by atoms with Gasteiger partial charge in [0.2, 0.25) is 5.91 Å². The second-order valence-corrected chi connectivity index (χ2v) is 7.57. The Bertz CT molecular complexity index is 1260. The Hall–Kier alpha value is -3.97. The van der Waals surface area contributed by atoms with Crippen LogP contribution < -0.4 is 10.6 Å². The first-order chi connectivity index (χ1) is 15.5. The van der Waals surface area contributed by atoms with Gasteiger partial charge in [0, 0.05) is 28.2 Å². The third-order valence-electron chi connectivity index (χ3n) is 4.62. The molecule has 0 aliphatic carbocycles. The molecule has 0 unspecified atom stereocenters. The van der Waals surface area contributed by atoms with Crippen LogP contribution in [-0.4, -0.2) is 25.9 Å².